The maximum absolute atomic E-state index is 4.08. The van der Waals surface area contributed by atoms with Gasteiger partial charge in [0.25, 0.3) is 0 Å². The normalized spacial score (nSPS) is 24.7. The van der Waals surface area contributed by atoms with Crippen molar-refractivity contribution < 1.29 is 0 Å². The summed E-state index contributed by atoms with van der Waals surface area (Å²) in [4.78, 5) is 4.08. The standard InChI is InChI=1S/C12H18N2/c1-3-10-6-11(10)8-14-12-4-5-13-7-9(12)2/h4-5,7,10-11H,3,6,8H2,1-2H3,(H,13,14). The highest BCUT2D eigenvalue weighted by atomic mass is 14.9. The second-order valence-electron chi connectivity index (χ2n) is 4.24. The summed E-state index contributed by atoms with van der Waals surface area (Å²) in [6.07, 6.45) is 6.50. The van der Waals surface area contributed by atoms with Gasteiger partial charge in [0, 0.05) is 24.6 Å². The molecule has 1 saturated carbocycles. The number of aromatic nitrogens is 1. The van der Waals surface area contributed by atoms with Gasteiger partial charge in [0.2, 0.25) is 0 Å². The smallest absolute Gasteiger partial charge is 0.0400 e. The lowest BCUT2D eigenvalue weighted by atomic mass is 10.2. The van der Waals surface area contributed by atoms with Crippen LogP contribution >= 0.6 is 0 Å². The first-order valence-corrected chi connectivity index (χ1v) is 5.45. The topological polar surface area (TPSA) is 24.9 Å². The number of hydrogen-bond acceptors (Lipinski definition) is 2. The van der Waals surface area contributed by atoms with Crippen molar-refractivity contribution in [1.29, 1.82) is 0 Å². The molecule has 14 heavy (non-hydrogen) atoms. The first-order valence-electron chi connectivity index (χ1n) is 5.45. The molecule has 0 aromatic carbocycles. The number of aryl methyl sites for hydroxylation is 1. The molecule has 1 fully saturated rings. The van der Waals surface area contributed by atoms with Crippen LogP contribution in [0.4, 0.5) is 5.69 Å². The lowest BCUT2D eigenvalue weighted by Gasteiger charge is -2.07. The molecule has 2 unspecified atom stereocenters. The molecule has 1 aromatic heterocycles. The molecule has 0 spiro atoms. The van der Waals surface area contributed by atoms with Crippen molar-refractivity contribution in [1.82, 2.24) is 4.98 Å². The number of anilines is 1. The Hall–Kier alpha value is -1.05. The lowest BCUT2D eigenvalue weighted by molar-refractivity contribution is 0.701. The monoisotopic (exact) mass is 190 g/mol. The Morgan fingerprint density at radius 2 is 2.36 bits per heavy atom. The fourth-order valence-electron chi connectivity index (χ4n) is 1.97. The van der Waals surface area contributed by atoms with E-state index < -0.39 is 0 Å². The number of hydrogen-bond donors (Lipinski definition) is 1. The molecule has 0 amide bonds. The third-order valence-electron chi connectivity index (χ3n) is 3.17. The van der Waals surface area contributed by atoms with Crippen molar-refractivity contribution in [3.05, 3.63) is 24.0 Å². The maximum atomic E-state index is 4.08. The number of pyridine rings is 1. The zero-order chi connectivity index (χ0) is 9.97. The molecule has 1 N–H and O–H groups in total. The summed E-state index contributed by atoms with van der Waals surface area (Å²) >= 11 is 0. The van der Waals surface area contributed by atoms with E-state index >= 15 is 0 Å². The van der Waals surface area contributed by atoms with Crippen LogP contribution in [0.15, 0.2) is 18.5 Å². The minimum atomic E-state index is 0.910. The number of rotatable bonds is 4. The van der Waals surface area contributed by atoms with E-state index in [-0.39, 0.29) is 0 Å². The summed E-state index contributed by atoms with van der Waals surface area (Å²) in [7, 11) is 0. The molecular formula is C12H18N2. The van der Waals surface area contributed by atoms with Crippen LogP contribution in [0.1, 0.15) is 25.3 Å². The first-order chi connectivity index (χ1) is 6.81. The molecule has 1 heterocycles. The van der Waals surface area contributed by atoms with E-state index in [1.807, 2.05) is 12.4 Å². The third-order valence-corrected chi connectivity index (χ3v) is 3.17. The highest BCUT2D eigenvalue weighted by Crippen LogP contribution is 2.40. The van der Waals surface area contributed by atoms with Crippen LogP contribution < -0.4 is 5.32 Å². The Bertz CT molecular complexity index is 309. The molecule has 2 nitrogen and oxygen atoms in total. The van der Waals surface area contributed by atoms with Crippen molar-refractivity contribution in [2.24, 2.45) is 11.8 Å². The average molecular weight is 190 g/mol. The molecule has 2 rings (SSSR count). The molecule has 0 aliphatic heterocycles. The lowest BCUT2D eigenvalue weighted by Crippen LogP contribution is -2.06. The van der Waals surface area contributed by atoms with E-state index in [0.29, 0.717) is 0 Å². The molecule has 0 radical (unpaired) electrons. The summed E-state index contributed by atoms with van der Waals surface area (Å²) in [6, 6.07) is 2.05. The van der Waals surface area contributed by atoms with Gasteiger partial charge in [-0.2, -0.15) is 0 Å². The predicted molar refractivity (Wildman–Crippen MR) is 59.4 cm³/mol. The second kappa shape index (κ2) is 3.99. The van der Waals surface area contributed by atoms with E-state index in [1.165, 1.54) is 24.1 Å². The minimum absolute atomic E-state index is 0.910. The van der Waals surface area contributed by atoms with Crippen LogP contribution in [0.2, 0.25) is 0 Å². The average Bonchev–Trinajstić information content (AvgIpc) is 2.95. The molecule has 0 saturated heterocycles. The van der Waals surface area contributed by atoms with Gasteiger partial charge in [-0.05, 0) is 36.8 Å². The van der Waals surface area contributed by atoms with Crippen LogP contribution in [-0.4, -0.2) is 11.5 Å². The van der Waals surface area contributed by atoms with Crippen LogP contribution in [0.3, 0.4) is 0 Å². The SMILES string of the molecule is CCC1CC1CNc1ccncc1C. The Balaban J connectivity index is 1.84. The van der Waals surface area contributed by atoms with Gasteiger partial charge in [0.05, 0.1) is 0 Å². The molecular weight excluding hydrogens is 172 g/mol. The highest BCUT2D eigenvalue weighted by molar-refractivity contribution is 5.48. The summed E-state index contributed by atoms with van der Waals surface area (Å²) < 4.78 is 0. The minimum Gasteiger partial charge on any atom is -0.384 e. The van der Waals surface area contributed by atoms with E-state index in [4.69, 9.17) is 0 Å². The van der Waals surface area contributed by atoms with Gasteiger partial charge < -0.3 is 5.32 Å². The van der Waals surface area contributed by atoms with Gasteiger partial charge in [-0.15, -0.1) is 0 Å². The maximum Gasteiger partial charge on any atom is 0.0400 e. The van der Waals surface area contributed by atoms with E-state index in [1.54, 1.807) is 0 Å². The fourth-order valence-corrected chi connectivity index (χ4v) is 1.97. The molecule has 1 aromatic rings. The Morgan fingerprint density at radius 3 is 3.00 bits per heavy atom. The molecule has 1 aliphatic rings. The van der Waals surface area contributed by atoms with Gasteiger partial charge in [-0.25, -0.2) is 0 Å². The molecule has 0 bridgehead atoms. The molecule has 2 heteroatoms. The zero-order valence-corrected chi connectivity index (χ0v) is 8.96. The Labute approximate surface area is 85.7 Å². The summed E-state index contributed by atoms with van der Waals surface area (Å²) in [5.74, 6) is 1.89. The van der Waals surface area contributed by atoms with Crippen LogP contribution in [-0.2, 0) is 0 Å². The van der Waals surface area contributed by atoms with Gasteiger partial charge in [0.1, 0.15) is 0 Å². The quantitative estimate of drug-likeness (QED) is 0.789. The van der Waals surface area contributed by atoms with Crippen molar-refractivity contribution >= 4 is 5.69 Å². The van der Waals surface area contributed by atoms with E-state index in [0.717, 1.165) is 18.4 Å². The fraction of sp³-hybridized carbons (Fsp3) is 0.583. The van der Waals surface area contributed by atoms with Crippen LogP contribution in [0, 0.1) is 18.8 Å². The van der Waals surface area contributed by atoms with Crippen LogP contribution in [0.25, 0.3) is 0 Å². The zero-order valence-electron chi connectivity index (χ0n) is 8.96. The summed E-state index contributed by atoms with van der Waals surface area (Å²) in [5.41, 5.74) is 2.47. The van der Waals surface area contributed by atoms with E-state index in [2.05, 4.69) is 30.2 Å². The van der Waals surface area contributed by atoms with Gasteiger partial charge in [0.15, 0.2) is 0 Å². The van der Waals surface area contributed by atoms with Crippen molar-refractivity contribution in [3.63, 3.8) is 0 Å². The second-order valence-corrected chi connectivity index (χ2v) is 4.24. The van der Waals surface area contributed by atoms with E-state index in [9.17, 15) is 0 Å². The highest BCUT2D eigenvalue weighted by Gasteiger charge is 2.34. The first kappa shape index (κ1) is 9.50. The number of nitrogens with zero attached hydrogens (tertiary/aromatic N) is 1. The van der Waals surface area contributed by atoms with Gasteiger partial charge in [-0.3, -0.25) is 4.98 Å². The third kappa shape index (κ3) is 2.06. The Morgan fingerprint density at radius 1 is 1.50 bits per heavy atom. The molecule has 1 aliphatic carbocycles. The summed E-state index contributed by atoms with van der Waals surface area (Å²) in [5, 5.41) is 3.50. The largest absolute Gasteiger partial charge is 0.384 e. The van der Waals surface area contributed by atoms with Crippen molar-refractivity contribution in [2.45, 2.75) is 26.7 Å². The van der Waals surface area contributed by atoms with Crippen LogP contribution in [0.5, 0.6) is 0 Å². The van der Waals surface area contributed by atoms with Crippen molar-refractivity contribution in [3.8, 4) is 0 Å². The van der Waals surface area contributed by atoms with Gasteiger partial charge >= 0.3 is 0 Å². The predicted octanol–water partition coefficient (Wildman–Crippen LogP) is 2.85. The van der Waals surface area contributed by atoms with Gasteiger partial charge in [-0.1, -0.05) is 13.3 Å². The number of nitrogens with one attached hydrogen (secondary N) is 1. The molecule has 76 valence electrons. The molecule has 2 atom stereocenters. The Kier molecular flexibility index (Phi) is 2.71. The van der Waals surface area contributed by atoms with Crippen molar-refractivity contribution in [2.75, 3.05) is 11.9 Å². The summed E-state index contributed by atoms with van der Waals surface area (Å²) in [6.45, 7) is 5.51.